The fourth-order valence-electron chi connectivity index (χ4n) is 1.85. The topological polar surface area (TPSA) is 76.0 Å². The molecular weight excluding hydrogens is 284 g/mol. The highest BCUT2D eigenvalue weighted by atomic mass is 16.5. The molecule has 0 heterocycles. The van der Waals surface area contributed by atoms with E-state index in [4.69, 9.17) is 9.47 Å². The molecule has 2 N–H and O–H groups in total. The average Bonchev–Trinajstić information content (AvgIpc) is 2.54. The summed E-state index contributed by atoms with van der Waals surface area (Å²) in [7, 11) is 2.86. The summed E-state index contributed by atoms with van der Waals surface area (Å²) in [5.74, 6) is 6.16. The van der Waals surface area contributed by atoms with Crippen molar-refractivity contribution < 1.29 is 24.5 Å². The molecule has 0 aromatic heterocycles. The van der Waals surface area contributed by atoms with Gasteiger partial charge in [0.1, 0.15) is 0 Å². The Balaban J connectivity index is 2.45. The number of phenols is 2. The number of carbonyl (C=O) groups excluding carboxylic acids is 1. The van der Waals surface area contributed by atoms with E-state index in [9.17, 15) is 15.0 Å². The van der Waals surface area contributed by atoms with E-state index >= 15 is 0 Å². The Bertz CT molecular complexity index is 769. The highest BCUT2D eigenvalue weighted by Crippen LogP contribution is 2.29. The van der Waals surface area contributed by atoms with Crippen molar-refractivity contribution in [3.8, 4) is 34.8 Å². The van der Waals surface area contributed by atoms with Gasteiger partial charge in [0.05, 0.1) is 14.2 Å². The first-order valence-electron chi connectivity index (χ1n) is 6.34. The summed E-state index contributed by atoms with van der Waals surface area (Å²) in [4.78, 5) is 11.1. The molecule has 0 aliphatic heterocycles. The molecule has 5 heteroatoms. The van der Waals surface area contributed by atoms with E-state index < -0.39 is 0 Å². The van der Waals surface area contributed by atoms with Crippen molar-refractivity contribution in [2.24, 2.45) is 0 Å². The number of hydrogen-bond donors (Lipinski definition) is 2. The Morgan fingerprint density at radius 2 is 1.64 bits per heavy atom. The molecular formula is C17H14O5. The van der Waals surface area contributed by atoms with Crippen LogP contribution in [0.15, 0.2) is 30.3 Å². The van der Waals surface area contributed by atoms with Gasteiger partial charge in [-0.1, -0.05) is 11.8 Å². The molecule has 0 aliphatic rings. The van der Waals surface area contributed by atoms with E-state index in [1.165, 1.54) is 32.4 Å². The van der Waals surface area contributed by atoms with Crippen molar-refractivity contribution in [3.63, 3.8) is 0 Å². The number of rotatable bonds is 3. The molecule has 0 fully saturated rings. The number of aromatic hydroxyl groups is 2. The second-order valence-corrected chi connectivity index (χ2v) is 4.37. The second kappa shape index (κ2) is 6.55. The Labute approximate surface area is 127 Å². The number of phenolic OH excluding ortho intramolecular Hbond substituents is 2. The van der Waals surface area contributed by atoms with Gasteiger partial charge in [-0.25, -0.2) is 0 Å². The van der Waals surface area contributed by atoms with E-state index in [1.54, 1.807) is 12.1 Å². The highest BCUT2D eigenvalue weighted by Gasteiger charge is 2.08. The maximum absolute atomic E-state index is 11.1. The molecule has 0 spiro atoms. The number of aldehydes is 1. The predicted octanol–water partition coefficient (Wildman–Crippen LogP) is 2.33. The third kappa shape index (κ3) is 3.13. The first kappa shape index (κ1) is 15.3. The van der Waals surface area contributed by atoms with Crippen LogP contribution in [0, 0.1) is 11.8 Å². The van der Waals surface area contributed by atoms with Gasteiger partial charge in [0.2, 0.25) is 0 Å². The van der Waals surface area contributed by atoms with Gasteiger partial charge < -0.3 is 19.7 Å². The van der Waals surface area contributed by atoms with Crippen LogP contribution in [0.25, 0.3) is 0 Å². The van der Waals surface area contributed by atoms with Crippen molar-refractivity contribution in [1.29, 1.82) is 0 Å². The van der Waals surface area contributed by atoms with Crippen LogP contribution in [-0.4, -0.2) is 30.7 Å². The van der Waals surface area contributed by atoms with E-state index in [-0.39, 0.29) is 22.8 Å². The summed E-state index contributed by atoms with van der Waals surface area (Å²) < 4.78 is 10.0. The maximum Gasteiger partial charge on any atom is 0.161 e. The SMILES string of the molecule is COc1cc(C#Cc2cc(OC)c(O)cc2C=O)ccc1O. The molecule has 22 heavy (non-hydrogen) atoms. The van der Waals surface area contributed by atoms with Gasteiger partial charge in [0.25, 0.3) is 0 Å². The summed E-state index contributed by atoms with van der Waals surface area (Å²) in [5.41, 5.74) is 1.30. The van der Waals surface area contributed by atoms with Crippen LogP contribution in [0.1, 0.15) is 21.5 Å². The van der Waals surface area contributed by atoms with Crippen molar-refractivity contribution in [2.45, 2.75) is 0 Å². The van der Waals surface area contributed by atoms with Crippen LogP contribution in [0.5, 0.6) is 23.0 Å². The molecule has 0 radical (unpaired) electrons. The summed E-state index contributed by atoms with van der Waals surface area (Å²) >= 11 is 0. The third-order valence-electron chi connectivity index (χ3n) is 3.00. The van der Waals surface area contributed by atoms with Crippen LogP contribution in [-0.2, 0) is 0 Å². The minimum atomic E-state index is -0.124. The first-order chi connectivity index (χ1) is 10.6. The van der Waals surface area contributed by atoms with Crippen molar-refractivity contribution in [3.05, 3.63) is 47.0 Å². The molecule has 0 saturated heterocycles. The number of carbonyl (C=O) groups is 1. The molecule has 5 nitrogen and oxygen atoms in total. The zero-order valence-electron chi connectivity index (χ0n) is 12.1. The number of benzene rings is 2. The number of hydrogen-bond acceptors (Lipinski definition) is 5. The van der Waals surface area contributed by atoms with E-state index in [0.717, 1.165) is 0 Å². The Morgan fingerprint density at radius 1 is 0.955 bits per heavy atom. The number of ether oxygens (including phenoxy) is 2. The van der Waals surface area contributed by atoms with E-state index in [2.05, 4.69) is 11.8 Å². The lowest BCUT2D eigenvalue weighted by atomic mass is 10.1. The van der Waals surface area contributed by atoms with E-state index in [1.807, 2.05) is 0 Å². The lowest BCUT2D eigenvalue weighted by molar-refractivity contribution is 0.112. The van der Waals surface area contributed by atoms with Gasteiger partial charge in [-0.05, 0) is 24.3 Å². The zero-order valence-corrected chi connectivity index (χ0v) is 12.1. The third-order valence-corrected chi connectivity index (χ3v) is 3.00. The quantitative estimate of drug-likeness (QED) is 0.672. The predicted molar refractivity (Wildman–Crippen MR) is 80.7 cm³/mol. The van der Waals surface area contributed by atoms with Gasteiger partial charge in [0.15, 0.2) is 29.3 Å². The van der Waals surface area contributed by atoms with Gasteiger partial charge in [-0.3, -0.25) is 4.79 Å². The van der Waals surface area contributed by atoms with Crippen molar-refractivity contribution >= 4 is 6.29 Å². The lowest BCUT2D eigenvalue weighted by Gasteiger charge is -2.05. The van der Waals surface area contributed by atoms with Crippen LogP contribution in [0.2, 0.25) is 0 Å². The standard InChI is InChI=1S/C17H14O5/c1-21-16-7-11(4-6-14(16)19)3-5-12-9-17(22-2)15(20)8-13(12)10-18/h4,6-10,19-20H,1-2H3. The normalized spacial score (nSPS) is 9.55. The molecule has 2 rings (SSSR count). The molecule has 2 aromatic rings. The summed E-state index contributed by atoms with van der Waals surface area (Å²) in [5, 5.41) is 19.2. The fraction of sp³-hybridized carbons (Fsp3) is 0.118. The molecule has 2 aromatic carbocycles. The minimum absolute atomic E-state index is 0.0212. The van der Waals surface area contributed by atoms with Crippen molar-refractivity contribution in [2.75, 3.05) is 14.2 Å². The van der Waals surface area contributed by atoms with Crippen LogP contribution < -0.4 is 9.47 Å². The Hall–Kier alpha value is -3.13. The highest BCUT2D eigenvalue weighted by molar-refractivity contribution is 5.81. The summed E-state index contributed by atoms with van der Waals surface area (Å²) in [6, 6.07) is 7.47. The zero-order chi connectivity index (χ0) is 16.1. The molecule has 0 atom stereocenters. The minimum Gasteiger partial charge on any atom is -0.504 e. The Kier molecular flexibility index (Phi) is 4.54. The van der Waals surface area contributed by atoms with Gasteiger partial charge in [-0.15, -0.1) is 0 Å². The van der Waals surface area contributed by atoms with E-state index in [0.29, 0.717) is 23.2 Å². The molecule has 112 valence electrons. The molecule has 0 aliphatic carbocycles. The first-order valence-corrected chi connectivity index (χ1v) is 6.34. The molecule has 0 unspecified atom stereocenters. The van der Waals surface area contributed by atoms with Crippen molar-refractivity contribution in [1.82, 2.24) is 0 Å². The van der Waals surface area contributed by atoms with Gasteiger partial charge in [0, 0.05) is 22.8 Å². The van der Waals surface area contributed by atoms with Crippen LogP contribution >= 0.6 is 0 Å². The molecule has 0 bridgehead atoms. The van der Waals surface area contributed by atoms with Crippen LogP contribution in [0.4, 0.5) is 0 Å². The average molecular weight is 298 g/mol. The monoisotopic (exact) mass is 298 g/mol. The van der Waals surface area contributed by atoms with Gasteiger partial charge in [-0.2, -0.15) is 0 Å². The maximum atomic E-state index is 11.1. The lowest BCUT2D eigenvalue weighted by Crippen LogP contribution is -1.91. The number of methoxy groups -OCH3 is 2. The largest absolute Gasteiger partial charge is 0.504 e. The van der Waals surface area contributed by atoms with Crippen LogP contribution in [0.3, 0.4) is 0 Å². The molecule has 0 saturated carbocycles. The second-order valence-electron chi connectivity index (χ2n) is 4.37. The smallest absolute Gasteiger partial charge is 0.161 e. The summed E-state index contributed by atoms with van der Waals surface area (Å²) in [6.45, 7) is 0. The fourth-order valence-corrected chi connectivity index (χ4v) is 1.85. The molecule has 0 amide bonds. The Morgan fingerprint density at radius 3 is 2.27 bits per heavy atom. The summed E-state index contributed by atoms with van der Waals surface area (Å²) in [6.07, 6.45) is 0.612. The van der Waals surface area contributed by atoms with Gasteiger partial charge >= 0.3 is 0 Å².